The van der Waals surface area contributed by atoms with E-state index in [2.05, 4.69) is 26.8 Å². The predicted octanol–water partition coefficient (Wildman–Crippen LogP) is 4.70. The molecular weight excluding hydrogens is 144 g/mol. The molecule has 72 valence electrons. The van der Waals surface area contributed by atoms with Gasteiger partial charge in [-0.25, -0.2) is 0 Å². The highest BCUT2D eigenvalue weighted by molar-refractivity contribution is 5.00. The molecule has 0 saturated carbocycles. The Morgan fingerprint density at radius 1 is 1.00 bits per heavy atom. The first-order valence-electron chi connectivity index (χ1n) is 5.53. The van der Waals surface area contributed by atoms with E-state index in [4.69, 9.17) is 0 Å². The first kappa shape index (κ1) is 11.7. The molecule has 0 aromatic rings. The van der Waals surface area contributed by atoms with Crippen molar-refractivity contribution in [1.82, 2.24) is 0 Å². The van der Waals surface area contributed by atoms with Crippen LogP contribution >= 0.6 is 0 Å². The van der Waals surface area contributed by atoms with E-state index in [9.17, 15) is 0 Å². The van der Waals surface area contributed by atoms with Crippen LogP contribution in [0.25, 0.3) is 0 Å². The lowest BCUT2D eigenvalue weighted by Gasteiger charge is -2.01. The zero-order valence-corrected chi connectivity index (χ0v) is 9.03. The molecule has 0 rings (SSSR count). The molecule has 0 unspecified atom stereocenters. The lowest BCUT2D eigenvalue weighted by molar-refractivity contribution is 0.721. The third kappa shape index (κ3) is 6.45. The Labute approximate surface area is 78.1 Å². The third-order valence-corrected chi connectivity index (χ3v) is 2.27. The smallest absolute Gasteiger partial charge is 0.0323 e. The monoisotopic (exact) mass is 168 g/mol. The van der Waals surface area contributed by atoms with E-state index in [0.29, 0.717) is 0 Å². The summed E-state index contributed by atoms with van der Waals surface area (Å²) in [6.07, 6.45) is 11.7. The highest BCUT2D eigenvalue weighted by Gasteiger charge is 1.91. The number of unbranched alkanes of at least 4 members (excludes halogenated alkanes) is 3. The lowest BCUT2D eigenvalue weighted by atomic mass is 10.1. The quantitative estimate of drug-likeness (QED) is 0.382. The van der Waals surface area contributed by atoms with Crippen LogP contribution in [0.5, 0.6) is 0 Å². The van der Waals surface area contributed by atoms with Crippen LogP contribution in [0.15, 0.2) is 11.6 Å². The molecule has 0 aromatic carbocycles. The van der Waals surface area contributed by atoms with E-state index in [1.54, 1.807) is 5.57 Å². The van der Waals surface area contributed by atoms with Crippen molar-refractivity contribution in [2.45, 2.75) is 65.7 Å². The van der Waals surface area contributed by atoms with Gasteiger partial charge in [0.1, 0.15) is 0 Å². The van der Waals surface area contributed by atoms with Crippen LogP contribution in [0, 0.1) is 0 Å². The standard InChI is InChI=1S/C12H24/c1-4-7-8-9-11-12(6-3)10-5-2/h11H,4-10H2,1-3H3. The van der Waals surface area contributed by atoms with Gasteiger partial charge in [-0.1, -0.05) is 51.7 Å². The summed E-state index contributed by atoms with van der Waals surface area (Å²) in [5.74, 6) is 0. The molecule has 0 aromatic heterocycles. The van der Waals surface area contributed by atoms with Gasteiger partial charge in [0.2, 0.25) is 0 Å². The summed E-state index contributed by atoms with van der Waals surface area (Å²) >= 11 is 0. The first-order valence-corrected chi connectivity index (χ1v) is 5.53. The topological polar surface area (TPSA) is 0 Å². The summed E-state index contributed by atoms with van der Waals surface area (Å²) in [7, 11) is 0. The van der Waals surface area contributed by atoms with Crippen molar-refractivity contribution in [3.05, 3.63) is 11.6 Å². The van der Waals surface area contributed by atoms with Gasteiger partial charge in [-0.15, -0.1) is 0 Å². The summed E-state index contributed by atoms with van der Waals surface area (Å²) in [5, 5.41) is 0. The average molecular weight is 168 g/mol. The minimum atomic E-state index is 1.25. The van der Waals surface area contributed by atoms with Gasteiger partial charge in [-0.2, -0.15) is 0 Å². The normalized spacial score (nSPS) is 12.1. The lowest BCUT2D eigenvalue weighted by Crippen LogP contribution is -1.81. The van der Waals surface area contributed by atoms with Gasteiger partial charge in [-0.05, 0) is 25.7 Å². The van der Waals surface area contributed by atoms with Crippen molar-refractivity contribution in [1.29, 1.82) is 0 Å². The molecule has 0 heteroatoms. The Balaban J connectivity index is 3.48. The summed E-state index contributed by atoms with van der Waals surface area (Å²) in [5.41, 5.74) is 1.66. The Kier molecular flexibility index (Phi) is 8.64. The van der Waals surface area contributed by atoms with Crippen LogP contribution < -0.4 is 0 Å². The van der Waals surface area contributed by atoms with Gasteiger partial charge in [0, 0.05) is 0 Å². The van der Waals surface area contributed by atoms with Gasteiger partial charge in [0.15, 0.2) is 0 Å². The van der Waals surface area contributed by atoms with Crippen molar-refractivity contribution < 1.29 is 0 Å². The number of rotatable bonds is 7. The van der Waals surface area contributed by atoms with E-state index in [1.165, 1.54) is 44.9 Å². The zero-order chi connectivity index (χ0) is 9.23. The Morgan fingerprint density at radius 2 is 1.75 bits per heavy atom. The second kappa shape index (κ2) is 8.83. The van der Waals surface area contributed by atoms with Crippen molar-refractivity contribution in [3.8, 4) is 0 Å². The Morgan fingerprint density at radius 3 is 2.25 bits per heavy atom. The van der Waals surface area contributed by atoms with Crippen molar-refractivity contribution in [2.75, 3.05) is 0 Å². The van der Waals surface area contributed by atoms with Gasteiger partial charge in [-0.3, -0.25) is 0 Å². The van der Waals surface area contributed by atoms with E-state index >= 15 is 0 Å². The highest BCUT2D eigenvalue weighted by Crippen LogP contribution is 2.11. The Hall–Kier alpha value is -0.260. The summed E-state index contributed by atoms with van der Waals surface area (Å²) in [4.78, 5) is 0. The molecular formula is C12H24. The van der Waals surface area contributed by atoms with Crippen LogP contribution in [-0.2, 0) is 0 Å². The summed E-state index contributed by atoms with van der Waals surface area (Å²) in [6, 6.07) is 0. The van der Waals surface area contributed by atoms with Crippen molar-refractivity contribution >= 4 is 0 Å². The molecule has 0 radical (unpaired) electrons. The van der Waals surface area contributed by atoms with E-state index < -0.39 is 0 Å². The maximum absolute atomic E-state index is 2.46. The molecule has 0 aliphatic carbocycles. The molecule has 12 heavy (non-hydrogen) atoms. The molecule has 0 saturated heterocycles. The largest absolute Gasteiger partial charge is 0.0853 e. The van der Waals surface area contributed by atoms with Gasteiger partial charge >= 0.3 is 0 Å². The summed E-state index contributed by atoms with van der Waals surface area (Å²) in [6.45, 7) is 6.79. The van der Waals surface area contributed by atoms with Crippen LogP contribution in [-0.4, -0.2) is 0 Å². The van der Waals surface area contributed by atoms with Crippen LogP contribution in [0.1, 0.15) is 65.7 Å². The van der Waals surface area contributed by atoms with Crippen LogP contribution in [0.3, 0.4) is 0 Å². The molecule has 0 nitrogen and oxygen atoms in total. The minimum Gasteiger partial charge on any atom is -0.0853 e. The van der Waals surface area contributed by atoms with Crippen molar-refractivity contribution in [3.63, 3.8) is 0 Å². The number of hydrogen-bond acceptors (Lipinski definition) is 0. The molecule has 0 aliphatic rings. The maximum atomic E-state index is 2.46. The molecule has 0 fully saturated rings. The fourth-order valence-corrected chi connectivity index (χ4v) is 1.44. The van der Waals surface area contributed by atoms with Crippen LogP contribution in [0.2, 0.25) is 0 Å². The predicted molar refractivity (Wildman–Crippen MR) is 57.4 cm³/mol. The molecule has 0 atom stereocenters. The maximum Gasteiger partial charge on any atom is -0.0323 e. The second-order valence-corrected chi connectivity index (χ2v) is 3.46. The molecule has 0 amide bonds. The van der Waals surface area contributed by atoms with Crippen molar-refractivity contribution in [2.24, 2.45) is 0 Å². The molecule has 0 N–H and O–H groups in total. The molecule has 0 heterocycles. The first-order chi connectivity index (χ1) is 5.85. The molecule has 0 aliphatic heterocycles. The zero-order valence-electron chi connectivity index (χ0n) is 9.03. The molecule has 0 spiro atoms. The number of hydrogen-bond donors (Lipinski definition) is 0. The van der Waals surface area contributed by atoms with E-state index in [0.717, 1.165) is 0 Å². The minimum absolute atomic E-state index is 1.25. The van der Waals surface area contributed by atoms with Crippen LogP contribution in [0.4, 0.5) is 0 Å². The van der Waals surface area contributed by atoms with E-state index in [-0.39, 0.29) is 0 Å². The van der Waals surface area contributed by atoms with E-state index in [1.807, 2.05) is 0 Å². The summed E-state index contributed by atoms with van der Waals surface area (Å²) < 4.78 is 0. The molecule has 0 bridgehead atoms. The fraction of sp³-hybridized carbons (Fsp3) is 0.833. The Bertz CT molecular complexity index is 111. The van der Waals surface area contributed by atoms with Gasteiger partial charge in [0.05, 0.1) is 0 Å². The third-order valence-electron chi connectivity index (χ3n) is 2.27. The fourth-order valence-electron chi connectivity index (χ4n) is 1.44. The van der Waals surface area contributed by atoms with Gasteiger partial charge in [0.25, 0.3) is 0 Å². The van der Waals surface area contributed by atoms with Gasteiger partial charge < -0.3 is 0 Å². The second-order valence-electron chi connectivity index (χ2n) is 3.46. The number of allylic oxidation sites excluding steroid dienone is 2. The highest BCUT2D eigenvalue weighted by atomic mass is 14.0. The average Bonchev–Trinajstić information content (AvgIpc) is 2.10. The SMILES string of the molecule is CCCCCC=C(CC)CCC.